The van der Waals surface area contributed by atoms with Crippen molar-refractivity contribution in [1.82, 2.24) is 0 Å². The first-order valence-corrected chi connectivity index (χ1v) is 23.8. The van der Waals surface area contributed by atoms with Crippen LogP contribution in [0.1, 0.15) is 11.1 Å². The highest BCUT2D eigenvalue weighted by Gasteiger charge is 2.53. The summed E-state index contributed by atoms with van der Waals surface area (Å²) in [6, 6.07) is 16.7. The molecule has 3 fully saturated rings. The number of phenolic OH excluding ortho intramolecular Hbond substituents is 5. The lowest BCUT2D eigenvalue weighted by atomic mass is 9.97. The number of esters is 2. The van der Waals surface area contributed by atoms with Crippen LogP contribution >= 0.6 is 0 Å². The molecule has 15 atom stereocenters. The summed E-state index contributed by atoms with van der Waals surface area (Å²) >= 11 is 0. The number of ether oxygens (including phenoxy) is 9. The van der Waals surface area contributed by atoms with E-state index >= 15 is 0 Å². The maximum atomic E-state index is 13.0. The van der Waals surface area contributed by atoms with Gasteiger partial charge in [0.15, 0.2) is 35.4 Å². The van der Waals surface area contributed by atoms with Gasteiger partial charge in [-0.25, -0.2) is 14.0 Å². The molecule has 14 N–H and O–H groups in total. The normalized spacial score (nSPS) is 29.3. The van der Waals surface area contributed by atoms with Crippen molar-refractivity contribution in [2.45, 2.75) is 92.1 Å². The van der Waals surface area contributed by atoms with Crippen LogP contribution in [0.2, 0.25) is 0 Å². The highest BCUT2D eigenvalue weighted by Crippen LogP contribution is 2.43. The predicted octanol–water partition coefficient (Wildman–Crippen LogP) is -0.372. The van der Waals surface area contributed by atoms with Crippen molar-refractivity contribution in [1.29, 1.82) is 0 Å². The molecule has 78 heavy (non-hydrogen) atoms. The highest BCUT2D eigenvalue weighted by atomic mass is 16.8. The van der Waals surface area contributed by atoms with Crippen LogP contribution in [0.3, 0.4) is 0 Å². The van der Waals surface area contributed by atoms with Gasteiger partial charge in [-0.05, 0) is 71.8 Å². The zero-order chi connectivity index (χ0) is 56.1. The molecule has 4 aromatic carbocycles. The summed E-state index contributed by atoms with van der Waals surface area (Å²) in [5, 5.41) is 148. The molecular weight excluding hydrogens is 1040 g/mol. The number of carbonyl (C=O) groups is 2. The molecule has 3 aliphatic rings. The van der Waals surface area contributed by atoms with E-state index in [-0.39, 0.29) is 56.6 Å². The quantitative estimate of drug-likeness (QED) is 0.0244. The molecule has 26 nitrogen and oxygen atoms in total. The maximum Gasteiger partial charge on any atom is 0.402 e. The second-order valence-corrected chi connectivity index (χ2v) is 18.0. The molecule has 0 aliphatic carbocycles. The fourth-order valence-electron chi connectivity index (χ4n) is 8.38. The minimum atomic E-state index is -2.14. The zero-order valence-electron chi connectivity index (χ0n) is 40.8. The van der Waals surface area contributed by atoms with Gasteiger partial charge >= 0.3 is 23.3 Å². The molecule has 15 unspecified atom stereocenters. The second-order valence-electron chi connectivity index (χ2n) is 18.0. The Kier molecular flexibility index (Phi) is 17.8. The van der Waals surface area contributed by atoms with E-state index in [1.165, 1.54) is 79.9 Å². The van der Waals surface area contributed by atoms with Crippen LogP contribution < -0.4 is 14.2 Å². The van der Waals surface area contributed by atoms with Crippen molar-refractivity contribution in [3.05, 3.63) is 102 Å². The number of hydrogen-bond acceptors (Lipinski definition) is 25. The third-order valence-electron chi connectivity index (χ3n) is 12.7. The first-order chi connectivity index (χ1) is 37.2. The van der Waals surface area contributed by atoms with E-state index in [0.29, 0.717) is 5.56 Å². The largest absolute Gasteiger partial charge is 0.508 e. The topological polar surface area (TPSA) is 412 Å². The van der Waals surface area contributed by atoms with Crippen molar-refractivity contribution in [3.8, 4) is 57.3 Å². The predicted molar refractivity (Wildman–Crippen MR) is 261 cm³/mol. The van der Waals surface area contributed by atoms with Crippen LogP contribution in [0.5, 0.6) is 46.0 Å². The summed E-state index contributed by atoms with van der Waals surface area (Å²) in [6.07, 6.45) is -23.9. The standard InChI is InChI=1S/C52H54O26/c1-69-33-15-23(3-11-29(33)57)5-13-39(60)70-20-36-41(62)44(65)47(68)51(76-36)78-49-45(66)42(63)37(21-71-38(59)12-4-22-2-10-28(56)30(58)14-22)77-52(49)74-34-18-27-31(72-48(34)24-6-8-25(54)9-7-24)16-26(55)17-32(27)73-50-46(67)43(64)40(61)35(19-53)75-50/h2-18,35-37,40-47,49-53,61-68H,19-21H2,1H3,(H4-,54,55,56,57,58,59,60)/p+1. The van der Waals surface area contributed by atoms with Crippen molar-refractivity contribution in [2.75, 3.05) is 26.9 Å². The van der Waals surface area contributed by atoms with E-state index in [2.05, 4.69) is 0 Å². The first-order valence-electron chi connectivity index (χ1n) is 23.8. The Bertz CT molecular complexity index is 2970. The number of rotatable bonds is 17. The van der Waals surface area contributed by atoms with E-state index in [9.17, 15) is 81.1 Å². The third-order valence-corrected chi connectivity index (χ3v) is 12.7. The minimum absolute atomic E-state index is 0.0754. The molecule has 418 valence electrons. The molecule has 5 aromatic rings. The van der Waals surface area contributed by atoms with Gasteiger partial charge in [-0.3, -0.25) is 0 Å². The third kappa shape index (κ3) is 12.8. The van der Waals surface area contributed by atoms with Crippen molar-refractivity contribution in [2.24, 2.45) is 0 Å². The SMILES string of the molecule is COc1cc(C=CC(=O)OCC2OC(OC3C(Oc4cc5c(OC6OC(CO)C(O)C(O)C6O)cc(O)cc5[o+]c4-c4ccc(O)cc4)OC(COC(=O)C=Cc4ccc(O)c(O)c4)C(O)C3O)C(O)C(O)C2O)ccc1O. The lowest BCUT2D eigenvalue weighted by Gasteiger charge is -2.45. The van der Waals surface area contributed by atoms with E-state index < -0.39 is 141 Å². The number of aliphatic hydroxyl groups is 9. The number of aliphatic hydroxyl groups excluding tert-OH is 9. The molecule has 26 heteroatoms. The second kappa shape index (κ2) is 24.5. The Hall–Kier alpha value is -7.41. The van der Waals surface area contributed by atoms with Crippen molar-refractivity contribution < 1.29 is 128 Å². The number of methoxy groups -OCH3 is 1. The lowest BCUT2D eigenvalue weighted by molar-refractivity contribution is -0.358. The van der Waals surface area contributed by atoms with E-state index in [0.717, 1.165) is 30.4 Å². The average Bonchev–Trinajstić information content (AvgIpc) is 3.51. The molecule has 8 rings (SSSR count). The van der Waals surface area contributed by atoms with Crippen LogP contribution in [-0.2, 0) is 38.0 Å². The molecule has 3 aliphatic heterocycles. The molecule has 3 saturated heterocycles. The molecule has 1 aromatic heterocycles. The van der Waals surface area contributed by atoms with Gasteiger partial charge in [0.2, 0.25) is 18.3 Å². The fourth-order valence-corrected chi connectivity index (χ4v) is 8.38. The Morgan fingerprint density at radius 2 is 1.09 bits per heavy atom. The summed E-state index contributed by atoms with van der Waals surface area (Å²) in [5.41, 5.74) is 0.729. The first kappa shape index (κ1) is 56.8. The molecule has 0 bridgehead atoms. The molecule has 0 saturated carbocycles. The summed E-state index contributed by atoms with van der Waals surface area (Å²) < 4.78 is 57.8. The van der Waals surface area contributed by atoms with Crippen LogP contribution in [0.25, 0.3) is 34.4 Å². The molecular formula is C52H55O26+. The van der Waals surface area contributed by atoms with Gasteiger partial charge in [-0.2, -0.15) is 0 Å². The van der Waals surface area contributed by atoms with Crippen LogP contribution in [0.4, 0.5) is 0 Å². The van der Waals surface area contributed by atoms with Gasteiger partial charge < -0.3 is 114 Å². The summed E-state index contributed by atoms with van der Waals surface area (Å²) in [6.45, 7) is -2.36. The van der Waals surface area contributed by atoms with Gasteiger partial charge in [-0.15, -0.1) is 0 Å². The average molecular weight is 1100 g/mol. The van der Waals surface area contributed by atoms with Crippen LogP contribution in [-0.4, -0.2) is 202 Å². The smallest absolute Gasteiger partial charge is 0.402 e. The van der Waals surface area contributed by atoms with Gasteiger partial charge in [-0.1, -0.05) is 12.1 Å². The Labute approximate surface area is 440 Å². The van der Waals surface area contributed by atoms with Gasteiger partial charge in [0.25, 0.3) is 0 Å². The number of aromatic hydroxyl groups is 5. The Balaban J connectivity index is 1.11. The van der Waals surface area contributed by atoms with Crippen LogP contribution in [0.15, 0.2) is 95.4 Å². The summed E-state index contributed by atoms with van der Waals surface area (Å²) in [7, 11) is 1.33. The zero-order valence-corrected chi connectivity index (χ0v) is 40.8. The lowest BCUT2D eigenvalue weighted by Crippen LogP contribution is -2.65. The fraction of sp³-hybridized carbons (Fsp3) is 0.365. The molecule has 4 heterocycles. The molecule has 0 spiro atoms. The number of benzene rings is 4. The summed E-state index contributed by atoms with van der Waals surface area (Å²) in [4.78, 5) is 25.8. The van der Waals surface area contributed by atoms with Crippen LogP contribution in [0, 0.1) is 0 Å². The Morgan fingerprint density at radius 1 is 0.538 bits per heavy atom. The van der Waals surface area contributed by atoms with E-state index in [4.69, 9.17) is 47.0 Å². The number of carbonyl (C=O) groups excluding carboxylic acids is 2. The molecule has 0 radical (unpaired) electrons. The number of phenols is 5. The number of hydrogen-bond donors (Lipinski definition) is 14. The highest BCUT2D eigenvalue weighted by molar-refractivity contribution is 5.89. The minimum Gasteiger partial charge on any atom is -0.508 e. The number of fused-ring (bicyclic) bond motifs is 1. The van der Waals surface area contributed by atoms with E-state index in [1.807, 2.05) is 0 Å². The molecule has 0 amide bonds. The summed E-state index contributed by atoms with van der Waals surface area (Å²) in [5.74, 6) is -4.41. The van der Waals surface area contributed by atoms with Crippen molar-refractivity contribution >= 4 is 35.1 Å². The maximum absolute atomic E-state index is 13.0. The van der Waals surface area contributed by atoms with Gasteiger partial charge in [0.1, 0.15) is 103 Å². The Morgan fingerprint density at radius 3 is 1.71 bits per heavy atom. The van der Waals surface area contributed by atoms with Gasteiger partial charge in [0.05, 0.1) is 25.3 Å². The monoisotopic (exact) mass is 1100 g/mol. The van der Waals surface area contributed by atoms with Crippen molar-refractivity contribution in [3.63, 3.8) is 0 Å². The van der Waals surface area contributed by atoms with E-state index in [1.54, 1.807) is 0 Å². The van der Waals surface area contributed by atoms with Gasteiger partial charge in [0, 0.05) is 24.3 Å².